The van der Waals surface area contributed by atoms with Crippen molar-refractivity contribution in [3.05, 3.63) is 62.5 Å². The van der Waals surface area contributed by atoms with Crippen LogP contribution in [-0.4, -0.2) is 33.9 Å². The number of aryl methyl sites for hydroxylation is 2. The van der Waals surface area contributed by atoms with Crippen molar-refractivity contribution in [2.45, 2.75) is 38.5 Å². The van der Waals surface area contributed by atoms with E-state index in [1.807, 2.05) is 17.9 Å². The zero-order valence-electron chi connectivity index (χ0n) is 16.1. The summed E-state index contributed by atoms with van der Waals surface area (Å²) in [6.07, 6.45) is 2.54. The maximum Gasteiger partial charge on any atom is 0.265 e. The molecule has 1 aromatic carbocycles. The molecule has 0 radical (unpaired) electrons. The van der Waals surface area contributed by atoms with Gasteiger partial charge in [-0.2, -0.15) is 0 Å². The maximum atomic E-state index is 13.1. The van der Waals surface area contributed by atoms with Gasteiger partial charge in [-0.1, -0.05) is 37.3 Å². The zero-order valence-corrected chi connectivity index (χ0v) is 17.8. The highest BCUT2D eigenvalue weighted by Crippen LogP contribution is 2.42. The van der Waals surface area contributed by atoms with E-state index >= 15 is 0 Å². The average Bonchev–Trinajstić information content (AvgIpc) is 3.34. The van der Waals surface area contributed by atoms with E-state index in [0.717, 1.165) is 40.5 Å². The highest BCUT2D eigenvalue weighted by atomic mass is 32.1. The Balaban J connectivity index is 1.60. The molecule has 5 nitrogen and oxygen atoms in total. The number of nitrogen functional groups attached to an aromatic ring is 1. The third-order valence-electron chi connectivity index (χ3n) is 5.58. The normalized spacial score (nSPS) is 16.3. The number of hydrogen-bond donors (Lipinski definition) is 1. The first-order chi connectivity index (χ1) is 13.5. The number of nitrogens with two attached hydrogens (primary N) is 1. The van der Waals surface area contributed by atoms with E-state index in [1.165, 1.54) is 28.2 Å². The minimum Gasteiger partial charge on any atom is -0.375 e. The topological polar surface area (TPSA) is 72.1 Å². The summed E-state index contributed by atoms with van der Waals surface area (Å²) < 4.78 is 0. The van der Waals surface area contributed by atoms with Crippen LogP contribution in [0.1, 0.15) is 51.4 Å². The van der Waals surface area contributed by atoms with Gasteiger partial charge in [0.25, 0.3) is 5.91 Å². The van der Waals surface area contributed by atoms with Crippen LogP contribution in [0.4, 0.5) is 5.13 Å². The standard InChI is InChI=1S/C21H24N4OS2/c1-3-17-23-14(2)18(28-17)19(26)25-11-9-21(10-12-25,15-7-5-4-6-8-15)16-13-27-20(22)24-16/h4-8,13H,3,9-12H2,1-2H3,(H2,22,24). The Bertz CT molecular complexity index is 971. The molecule has 0 atom stereocenters. The fourth-order valence-corrected chi connectivity index (χ4v) is 5.63. The number of aromatic nitrogens is 2. The second kappa shape index (κ2) is 7.64. The minimum atomic E-state index is -0.191. The number of amides is 1. The molecule has 1 saturated heterocycles. The largest absolute Gasteiger partial charge is 0.375 e. The van der Waals surface area contributed by atoms with Crippen molar-refractivity contribution in [1.29, 1.82) is 0 Å². The van der Waals surface area contributed by atoms with E-state index in [0.29, 0.717) is 18.2 Å². The number of carbonyl (C=O) groups is 1. The molecule has 1 amide bonds. The SMILES string of the molecule is CCc1nc(C)c(C(=O)N2CCC(c3ccccc3)(c3csc(N)n3)CC2)s1. The van der Waals surface area contributed by atoms with Crippen LogP contribution in [0.25, 0.3) is 0 Å². The highest BCUT2D eigenvalue weighted by molar-refractivity contribution is 7.14. The molecule has 3 aromatic rings. The number of benzene rings is 1. The lowest BCUT2D eigenvalue weighted by Gasteiger charge is -2.41. The summed E-state index contributed by atoms with van der Waals surface area (Å²) in [6.45, 7) is 5.40. The second-order valence-corrected chi connectivity index (χ2v) is 9.16. The maximum absolute atomic E-state index is 13.1. The fourth-order valence-electron chi connectivity index (χ4n) is 3.99. The van der Waals surface area contributed by atoms with Gasteiger partial charge in [0, 0.05) is 23.9 Å². The van der Waals surface area contributed by atoms with Crippen LogP contribution < -0.4 is 5.73 Å². The van der Waals surface area contributed by atoms with Crippen LogP contribution in [0.15, 0.2) is 35.7 Å². The molecule has 0 unspecified atom stereocenters. The fraction of sp³-hybridized carbons (Fsp3) is 0.381. The monoisotopic (exact) mass is 412 g/mol. The third kappa shape index (κ3) is 3.33. The number of anilines is 1. The third-order valence-corrected chi connectivity index (χ3v) is 7.54. The van der Waals surface area contributed by atoms with Gasteiger partial charge in [0.05, 0.1) is 16.4 Å². The van der Waals surface area contributed by atoms with Crippen molar-refractivity contribution >= 4 is 33.7 Å². The molecule has 0 aliphatic carbocycles. The summed E-state index contributed by atoms with van der Waals surface area (Å²) in [4.78, 5) is 25.0. The molecule has 7 heteroatoms. The molecule has 1 fully saturated rings. The molecule has 4 rings (SSSR count). The Hall–Kier alpha value is -2.25. The molecule has 1 aliphatic rings. The van der Waals surface area contributed by atoms with Gasteiger partial charge >= 0.3 is 0 Å². The minimum absolute atomic E-state index is 0.106. The molecular formula is C21H24N4OS2. The lowest BCUT2D eigenvalue weighted by Crippen LogP contribution is -2.46. The Labute approximate surface area is 173 Å². The van der Waals surface area contributed by atoms with E-state index < -0.39 is 0 Å². The quantitative estimate of drug-likeness (QED) is 0.694. The summed E-state index contributed by atoms with van der Waals surface area (Å²) in [6, 6.07) is 10.5. The Morgan fingerprint density at radius 1 is 1.21 bits per heavy atom. The lowest BCUT2D eigenvalue weighted by molar-refractivity contribution is 0.0688. The van der Waals surface area contributed by atoms with Gasteiger partial charge in [-0.3, -0.25) is 4.79 Å². The van der Waals surface area contributed by atoms with Crippen LogP contribution in [0.2, 0.25) is 0 Å². The summed E-state index contributed by atoms with van der Waals surface area (Å²) in [7, 11) is 0. The molecular weight excluding hydrogens is 388 g/mol. The molecule has 2 N–H and O–H groups in total. The van der Waals surface area contributed by atoms with E-state index in [9.17, 15) is 4.79 Å². The number of piperidine rings is 1. The average molecular weight is 413 g/mol. The Morgan fingerprint density at radius 2 is 1.93 bits per heavy atom. The number of carbonyl (C=O) groups excluding carboxylic acids is 1. The van der Waals surface area contributed by atoms with Crippen LogP contribution in [-0.2, 0) is 11.8 Å². The summed E-state index contributed by atoms with van der Waals surface area (Å²) in [5.74, 6) is 0.106. The van der Waals surface area contributed by atoms with Crippen molar-refractivity contribution in [2.75, 3.05) is 18.8 Å². The van der Waals surface area contributed by atoms with Crippen LogP contribution in [0, 0.1) is 6.92 Å². The smallest absolute Gasteiger partial charge is 0.265 e. The van der Waals surface area contributed by atoms with Gasteiger partial charge < -0.3 is 10.6 Å². The number of nitrogens with zero attached hydrogens (tertiary/aromatic N) is 3. The molecule has 0 spiro atoms. The molecule has 1 aliphatic heterocycles. The van der Waals surface area contributed by atoms with Crippen molar-refractivity contribution in [3.8, 4) is 0 Å². The molecule has 3 heterocycles. The van der Waals surface area contributed by atoms with Crippen molar-refractivity contribution in [2.24, 2.45) is 0 Å². The van der Waals surface area contributed by atoms with Gasteiger partial charge in [0.1, 0.15) is 4.88 Å². The molecule has 2 aromatic heterocycles. The Kier molecular flexibility index (Phi) is 5.21. The lowest BCUT2D eigenvalue weighted by atomic mass is 9.70. The molecule has 28 heavy (non-hydrogen) atoms. The predicted octanol–water partition coefficient (Wildman–Crippen LogP) is 4.27. The predicted molar refractivity (Wildman–Crippen MR) is 115 cm³/mol. The van der Waals surface area contributed by atoms with Gasteiger partial charge in [-0.15, -0.1) is 22.7 Å². The first kappa shape index (κ1) is 19.1. The highest BCUT2D eigenvalue weighted by Gasteiger charge is 2.41. The summed E-state index contributed by atoms with van der Waals surface area (Å²) >= 11 is 3.01. The zero-order chi connectivity index (χ0) is 19.7. The van der Waals surface area contributed by atoms with Crippen LogP contribution >= 0.6 is 22.7 Å². The van der Waals surface area contributed by atoms with E-state index in [2.05, 4.69) is 46.5 Å². The number of thiazole rings is 2. The van der Waals surface area contributed by atoms with Crippen molar-refractivity contribution < 1.29 is 4.79 Å². The molecule has 146 valence electrons. The molecule has 0 saturated carbocycles. The van der Waals surface area contributed by atoms with Gasteiger partial charge in [0.2, 0.25) is 0 Å². The van der Waals surface area contributed by atoms with E-state index in [4.69, 9.17) is 5.73 Å². The van der Waals surface area contributed by atoms with E-state index in [1.54, 1.807) is 0 Å². The van der Waals surface area contributed by atoms with E-state index in [-0.39, 0.29) is 11.3 Å². The van der Waals surface area contributed by atoms with Gasteiger partial charge in [0.15, 0.2) is 5.13 Å². The van der Waals surface area contributed by atoms with Crippen molar-refractivity contribution in [1.82, 2.24) is 14.9 Å². The first-order valence-corrected chi connectivity index (χ1v) is 11.3. The van der Waals surface area contributed by atoms with Gasteiger partial charge in [-0.25, -0.2) is 9.97 Å². The summed E-state index contributed by atoms with van der Waals surface area (Å²) in [5.41, 5.74) is 8.87. The van der Waals surface area contributed by atoms with Crippen LogP contribution in [0.3, 0.4) is 0 Å². The first-order valence-electron chi connectivity index (χ1n) is 9.56. The van der Waals surface area contributed by atoms with Gasteiger partial charge in [-0.05, 0) is 31.7 Å². The van der Waals surface area contributed by atoms with Crippen molar-refractivity contribution in [3.63, 3.8) is 0 Å². The second-order valence-electron chi connectivity index (χ2n) is 7.19. The number of rotatable bonds is 4. The number of hydrogen-bond acceptors (Lipinski definition) is 6. The summed E-state index contributed by atoms with van der Waals surface area (Å²) in [5, 5.41) is 3.69. The number of likely N-dealkylation sites (tertiary alicyclic amines) is 1. The van der Waals surface area contributed by atoms with Crippen LogP contribution in [0.5, 0.6) is 0 Å². The molecule has 0 bridgehead atoms. The Morgan fingerprint density at radius 3 is 2.50 bits per heavy atom.